The Balaban J connectivity index is 1.87. The van der Waals surface area contributed by atoms with Gasteiger partial charge in [0.05, 0.1) is 0 Å². The normalized spacial score (nSPS) is 32.4. The Morgan fingerprint density at radius 2 is 2.00 bits per heavy atom. The zero-order chi connectivity index (χ0) is 14.9. The molecule has 1 aliphatic heterocycles. The fraction of sp³-hybridized carbons (Fsp3) is 0.556. The molecule has 1 spiro atoms. The summed E-state index contributed by atoms with van der Waals surface area (Å²) in [5.41, 5.74) is 1.09. The highest BCUT2D eigenvalue weighted by Gasteiger charge is 2.51. The summed E-state index contributed by atoms with van der Waals surface area (Å²) in [5.74, 6) is 0.462. The number of amides is 2. The highest BCUT2D eigenvalue weighted by atomic mass is 16.2. The van der Waals surface area contributed by atoms with Crippen LogP contribution < -0.4 is 5.32 Å². The molecule has 0 aromatic heterocycles. The van der Waals surface area contributed by atoms with Crippen molar-refractivity contribution in [3.63, 3.8) is 0 Å². The van der Waals surface area contributed by atoms with Crippen LogP contribution in [0.2, 0.25) is 0 Å². The third-order valence-electron chi connectivity index (χ3n) is 5.44. The number of nitrogens with one attached hydrogen (secondary N) is 1. The van der Waals surface area contributed by atoms with Gasteiger partial charge in [-0.25, -0.2) is 0 Å². The van der Waals surface area contributed by atoms with E-state index in [1.54, 1.807) is 0 Å². The van der Waals surface area contributed by atoms with Crippen molar-refractivity contribution >= 4 is 11.8 Å². The van der Waals surface area contributed by atoms with Crippen molar-refractivity contribution < 1.29 is 9.59 Å². The van der Waals surface area contributed by atoms with Gasteiger partial charge in [-0.15, -0.1) is 0 Å². The van der Waals surface area contributed by atoms with Crippen LogP contribution in [0.5, 0.6) is 0 Å². The number of rotatable bonds is 3. The Labute approximate surface area is 126 Å². The minimum Gasteiger partial charge on any atom is -0.296 e. The van der Waals surface area contributed by atoms with Crippen LogP contribution in [0.1, 0.15) is 44.6 Å². The number of hydrogen-bond donors (Lipinski definition) is 1. The van der Waals surface area contributed by atoms with Crippen LogP contribution in [-0.2, 0) is 16.0 Å². The van der Waals surface area contributed by atoms with Gasteiger partial charge in [0.25, 0.3) is 0 Å². The zero-order valence-corrected chi connectivity index (χ0v) is 12.6. The van der Waals surface area contributed by atoms with Gasteiger partial charge in [0.2, 0.25) is 11.8 Å². The van der Waals surface area contributed by atoms with Gasteiger partial charge in [0.15, 0.2) is 0 Å². The molecule has 1 saturated carbocycles. The molecule has 1 N–H and O–H groups in total. The van der Waals surface area contributed by atoms with Gasteiger partial charge in [0.1, 0.15) is 0 Å². The first kappa shape index (κ1) is 14.3. The van der Waals surface area contributed by atoms with Crippen LogP contribution in [0, 0.1) is 17.3 Å². The number of benzene rings is 1. The van der Waals surface area contributed by atoms with Crippen LogP contribution in [-0.4, -0.2) is 11.8 Å². The van der Waals surface area contributed by atoms with Gasteiger partial charge >= 0.3 is 0 Å². The second-order valence-corrected chi connectivity index (χ2v) is 6.71. The second-order valence-electron chi connectivity index (χ2n) is 6.71. The van der Waals surface area contributed by atoms with Crippen LogP contribution in [0.3, 0.4) is 0 Å². The molecule has 21 heavy (non-hydrogen) atoms. The summed E-state index contributed by atoms with van der Waals surface area (Å²) in [6.07, 6.45) is 5.61. The Kier molecular flexibility index (Phi) is 3.83. The fourth-order valence-corrected chi connectivity index (χ4v) is 4.24. The molecule has 1 heterocycles. The topological polar surface area (TPSA) is 46.2 Å². The standard InChI is InChI=1S/C18H23NO2/c1-2-13-8-9-18(11-13)12-16(20)19-17(21)15(18)10-14-6-4-3-5-7-14/h3-7,13,15H,2,8-12H2,1H3,(H,19,20,21). The van der Waals surface area contributed by atoms with Crippen molar-refractivity contribution in [3.05, 3.63) is 35.9 Å². The molecule has 0 radical (unpaired) electrons. The van der Waals surface area contributed by atoms with Gasteiger partial charge in [0, 0.05) is 12.3 Å². The number of carbonyl (C=O) groups excluding carboxylic acids is 2. The van der Waals surface area contributed by atoms with Gasteiger partial charge in [-0.3, -0.25) is 14.9 Å². The molecule has 1 saturated heterocycles. The van der Waals surface area contributed by atoms with E-state index in [1.807, 2.05) is 18.2 Å². The van der Waals surface area contributed by atoms with Crippen LogP contribution >= 0.6 is 0 Å². The molecule has 3 atom stereocenters. The average molecular weight is 285 g/mol. The third kappa shape index (κ3) is 2.74. The maximum Gasteiger partial charge on any atom is 0.230 e. The summed E-state index contributed by atoms with van der Waals surface area (Å²) in [7, 11) is 0. The minimum atomic E-state index is -0.101. The van der Waals surface area contributed by atoms with E-state index in [0.717, 1.165) is 32.1 Å². The molecule has 2 amide bonds. The third-order valence-corrected chi connectivity index (χ3v) is 5.44. The molecule has 2 aliphatic rings. The first-order valence-corrected chi connectivity index (χ1v) is 8.00. The molecule has 3 heteroatoms. The van der Waals surface area contributed by atoms with Gasteiger partial charge in [-0.2, -0.15) is 0 Å². The molecule has 1 aromatic carbocycles. The number of hydrogen-bond acceptors (Lipinski definition) is 2. The van der Waals surface area contributed by atoms with Crippen LogP contribution in [0.4, 0.5) is 0 Å². The van der Waals surface area contributed by atoms with E-state index in [4.69, 9.17) is 0 Å². The smallest absolute Gasteiger partial charge is 0.230 e. The van der Waals surface area contributed by atoms with Crippen LogP contribution in [0.15, 0.2) is 30.3 Å². The van der Waals surface area contributed by atoms with Crippen molar-refractivity contribution in [2.75, 3.05) is 0 Å². The van der Waals surface area contributed by atoms with Gasteiger partial charge in [-0.05, 0) is 42.6 Å². The largest absolute Gasteiger partial charge is 0.296 e. The van der Waals surface area contributed by atoms with Gasteiger partial charge in [-0.1, -0.05) is 43.7 Å². The molecule has 112 valence electrons. The summed E-state index contributed by atoms with van der Waals surface area (Å²) in [6, 6.07) is 10.2. The van der Waals surface area contributed by atoms with Crippen molar-refractivity contribution in [2.45, 2.75) is 45.4 Å². The van der Waals surface area contributed by atoms with Crippen molar-refractivity contribution in [3.8, 4) is 0 Å². The molecule has 1 aromatic rings. The molecular formula is C18H23NO2. The lowest BCUT2D eigenvalue weighted by Gasteiger charge is -2.40. The van der Waals surface area contributed by atoms with E-state index in [0.29, 0.717) is 12.3 Å². The first-order valence-electron chi connectivity index (χ1n) is 8.00. The monoisotopic (exact) mass is 285 g/mol. The van der Waals surface area contributed by atoms with E-state index in [-0.39, 0.29) is 23.1 Å². The van der Waals surface area contributed by atoms with Gasteiger partial charge < -0.3 is 0 Å². The van der Waals surface area contributed by atoms with E-state index in [1.165, 1.54) is 5.56 Å². The number of carbonyl (C=O) groups is 2. The summed E-state index contributed by atoms with van der Waals surface area (Å²) in [6.45, 7) is 2.21. The van der Waals surface area contributed by atoms with Crippen LogP contribution in [0.25, 0.3) is 0 Å². The number of piperidine rings is 1. The predicted octanol–water partition coefficient (Wildman–Crippen LogP) is 3.09. The lowest BCUT2D eigenvalue weighted by molar-refractivity contribution is -0.143. The lowest BCUT2D eigenvalue weighted by atomic mass is 9.66. The Hall–Kier alpha value is -1.64. The van der Waals surface area contributed by atoms with Crippen molar-refractivity contribution in [2.24, 2.45) is 17.3 Å². The summed E-state index contributed by atoms with van der Waals surface area (Å²) in [5, 5.41) is 2.56. The predicted molar refractivity (Wildman–Crippen MR) is 81.5 cm³/mol. The quantitative estimate of drug-likeness (QED) is 0.867. The SMILES string of the molecule is CCC1CCC2(CC(=O)NC(=O)C2Cc2ccccc2)C1. The average Bonchev–Trinajstić information content (AvgIpc) is 2.88. The van der Waals surface area contributed by atoms with Crippen molar-refractivity contribution in [1.82, 2.24) is 5.32 Å². The molecule has 2 fully saturated rings. The molecule has 3 unspecified atom stereocenters. The van der Waals surface area contributed by atoms with E-state index < -0.39 is 0 Å². The Morgan fingerprint density at radius 1 is 1.24 bits per heavy atom. The maximum absolute atomic E-state index is 12.4. The second kappa shape index (κ2) is 5.63. The Morgan fingerprint density at radius 3 is 2.67 bits per heavy atom. The lowest BCUT2D eigenvalue weighted by Crippen LogP contribution is -2.52. The Bertz CT molecular complexity index is 539. The fourth-order valence-electron chi connectivity index (χ4n) is 4.24. The summed E-state index contributed by atoms with van der Waals surface area (Å²) < 4.78 is 0. The summed E-state index contributed by atoms with van der Waals surface area (Å²) in [4.78, 5) is 24.3. The minimum absolute atomic E-state index is 0.0610. The molecule has 1 aliphatic carbocycles. The maximum atomic E-state index is 12.4. The summed E-state index contributed by atoms with van der Waals surface area (Å²) >= 11 is 0. The first-order chi connectivity index (χ1) is 10.1. The zero-order valence-electron chi connectivity index (χ0n) is 12.6. The van der Waals surface area contributed by atoms with E-state index in [2.05, 4.69) is 24.4 Å². The number of imide groups is 1. The molecule has 3 nitrogen and oxygen atoms in total. The van der Waals surface area contributed by atoms with Crippen molar-refractivity contribution in [1.29, 1.82) is 0 Å². The van der Waals surface area contributed by atoms with E-state index in [9.17, 15) is 9.59 Å². The molecule has 0 bridgehead atoms. The highest BCUT2D eigenvalue weighted by Crippen LogP contribution is 2.52. The van der Waals surface area contributed by atoms with E-state index >= 15 is 0 Å². The molecule has 3 rings (SSSR count). The highest BCUT2D eigenvalue weighted by molar-refractivity contribution is 5.99. The molecular weight excluding hydrogens is 262 g/mol.